The van der Waals surface area contributed by atoms with Crippen LogP contribution in [0, 0.1) is 6.92 Å². The molecule has 0 aromatic heterocycles. The Bertz CT molecular complexity index is 1210. The average molecular weight is 518 g/mol. The first-order valence-electron chi connectivity index (χ1n) is 12.8. The second-order valence-electron chi connectivity index (χ2n) is 8.73. The maximum Gasteiger partial charge on any atom is 0.325 e. The van der Waals surface area contributed by atoms with Crippen LogP contribution in [-0.2, 0) is 9.59 Å². The lowest BCUT2D eigenvalue weighted by molar-refractivity contribution is -0.134. The van der Waals surface area contributed by atoms with Gasteiger partial charge in [-0.25, -0.2) is 9.69 Å². The number of aliphatic hydroxyl groups is 1. The lowest BCUT2D eigenvalue weighted by atomic mass is 9.91. The van der Waals surface area contributed by atoms with Gasteiger partial charge in [-0.3, -0.25) is 9.59 Å². The number of hydrogen-bond acceptors (Lipinski definition) is 5. The zero-order chi connectivity index (χ0) is 27.7. The number of nitrogens with zero attached hydrogens (tertiary/aromatic N) is 1. The van der Waals surface area contributed by atoms with E-state index in [1.54, 1.807) is 36.4 Å². The van der Waals surface area contributed by atoms with Crippen molar-refractivity contribution in [2.45, 2.75) is 45.7 Å². The molecule has 3 N–H and O–H groups in total. The van der Waals surface area contributed by atoms with Gasteiger partial charge in [-0.05, 0) is 42.3 Å². The molecule has 4 amide bonds. The number of aliphatic hydroxyl groups excluding tert-OH is 1. The van der Waals surface area contributed by atoms with E-state index in [1.807, 2.05) is 70.2 Å². The molecule has 0 radical (unpaired) electrons. The summed E-state index contributed by atoms with van der Waals surface area (Å²) in [5.41, 5.74) is 3.03. The van der Waals surface area contributed by atoms with E-state index in [4.69, 9.17) is 9.84 Å². The quantitative estimate of drug-likeness (QED) is 0.354. The summed E-state index contributed by atoms with van der Waals surface area (Å²) in [5, 5.41) is 14.5. The largest absolute Gasteiger partial charge is 0.491 e. The number of carbonyl (C=O) groups excluding carboxylic acids is 3. The molecule has 1 aliphatic rings. The maximum absolute atomic E-state index is 13.6. The summed E-state index contributed by atoms with van der Waals surface area (Å²) in [6.07, 6.45) is 0. The smallest absolute Gasteiger partial charge is 0.325 e. The number of benzene rings is 3. The van der Waals surface area contributed by atoms with E-state index in [1.165, 1.54) is 0 Å². The molecule has 1 heterocycles. The Labute approximate surface area is 223 Å². The number of aryl methyl sites for hydroxylation is 1. The Morgan fingerprint density at radius 3 is 2.24 bits per heavy atom. The average Bonchev–Trinajstić information content (AvgIpc) is 3.24. The van der Waals surface area contributed by atoms with Crippen molar-refractivity contribution in [3.05, 3.63) is 95.6 Å². The second-order valence-corrected chi connectivity index (χ2v) is 8.73. The lowest BCUT2D eigenvalue weighted by Gasteiger charge is -2.30. The van der Waals surface area contributed by atoms with Crippen LogP contribution < -0.4 is 15.4 Å². The third kappa shape index (κ3) is 6.58. The molecular weight excluding hydrogens is 482 g/mol. The third-order valence-electron chi connectivity index (χ3n) is 6.21. The van der Waals surface area contributed by atoms with E-state index in [9.17, 15) is 14.4 Å². The molecule has 1 fully saturated rings. The van der Waals surface area contributed by atoms with E-state index < -0.39 is 35.8 Å². The van der Waals surface area contributed by atoms with Crippen molar-refractivity contribution in [2.75, 3.05) is 18.5 Å². The topological polar surface area (TPSA) is 108 Å². The second kappa shape index (κ2) is 13.4. The van der Waals surface area contributed by atoms with Crippen LogP contribution in [0.15, 0.2) is 78.9 Å². The zero-order valence-electron chi connectivity index (χ0n) is 22.2. The van der Waals surface area contributed by atoms with Gasteiger partial charge < -0.3 is 20.5 Å². The van der Waals surface area contributed by atoms with Crippen molar-refractivity contribution in [1.29, 1.82) is 0 Å². The van der Waals surface area contributed by atoms with Crippen molar-refractivity contribution in [3.63, 3.8) is 0 Å². The molecule has 3 aromatic carbocycles. The molecule has 38 heavy (non-hydrogen) atoms. The van der Waals surface area contributed by atoms with E-state index in [0.29, 0.717) is 17.0 Å². The van der Waals surface area contributed by atoms with Crippen LogP contribution in [0.2, 0.25) is 0 Å². The van der Waals surface area contributed by atoms with Gasteiger partial charge in [0.25, 0.3) is 5.91 Å². The minimum absolute atomic E-state index is 0.112. The highest BCUT2D eigenvalue weighted by Gasteiger charge is 2.47. The number of carbonyl (C=O) groups is 3. The number of ether oxygens (including phenoxy) is 1. The van der Waals surface area contributed by atoms with Gasteiger partial charge in [0, 0.05) is 11.6 Å². The first-order chi connectivity index (χ1) is 18.4. The highest BCUT2D eigenvalue weighted by Crippen LogP contribution is 2.31. The summed E-state index contributed by atoms with van der Waals surface area (Å²) in [6, 6.07) is 20.7. The van der Waals surface area contributed by atoms with Crippen LogP contribution in [0.5, 0.6) is 5.75 Å². The van der Waals surface area contributed by atoms with E-state index in [2.05, 4.69) is 10.6 Å². The van der Waals surface area contributed by atoms with Crippen LogP contribution >= 0.6 is 0 Å². The van der Waals surface area contributed by atoms with Gasteiger partial charge in [0.1, 0.15) is 24.4 Å². The Hall–Kier alpha value is -4.17. The van der Waals surface area contributed by atoms with Crippen molar-refractivity contribution >= 4 is 23.5 Å². The first-order valence-corrected chi connectivity index (χ1v) is 12.8. The summed E-state index contributed by atoms with van der Waals surface area (Å²) < 4.78 is 5.37. The molecule has 200 valence electrons. The normalized spacial score (nSPS) is 16.1. The van der Waals surface area contributed by atoms with Crippen molar-refractivity contribution in [3.8, 4) is 5.75 Å². The fourth-order valence-corrected chi connectivity index (χ4v) is 4.26. The fourth-order valence-electron chi connectivity index (χ4n) is 4.26. The van der Waals surface area contributed by atoms with Crippen molar-refractivity contribution in [1.82, 2.24) is 10.2 Å². The Morgan fingerprint density at radius 1 is 1.00 bits per heavy atom. The summed E-state index contributed by atoms with van der Waals surface area (Å²) in [7, 11) is 0. The Kier molecular flexibility index (Phi) is 10.0. The van der Waals surface area contributed by atoms with Gasteiger partial charge in [0.2, 0.25) is 5.91 Å². The van der Waals surface area contributed by atoms with Gasteiger partial charge in [-0.15, -0.1) is 0 Å². The fraction of sp³-hybridized carbons (Fsp3) is 0.300. The van der Waals surface area contributed by atoms with Gasteiger partial charge in [0.15, 0.2) is 0 Å². The summed E-state index contributed by atoms with van der Waals surface area (Å²) in [6.45, 7) is 7.82. The molecule has 0 bridgehead atoms. The number of anilines is 1. The van der Waals surface area contributed by atoms with Crippen LogP contribution in [-0.4, -0.2) is 47.1 Å². The van der Waals surface area contributed by atoms with Crippen LogP contribution in [0.25, 0.3) is 0 Å². The monoisotopic (exact) mass is 517 g/mol. The predicted octanol–water partition coefficient (Wildman–Crippen LogP) is 4.80. The van der Waals surface area contributed by atoms with Crippen LogP contribution in [0.4, 0.5) is 10.5 Å². The number of rotatable bonds is 9. The van der Waals surface area contributed by atoms with Gasteiger partial charge >= 0.3 is 6.03 Å². The standard InChI is InChI=1S/C28H29N3O5.C2H6/c1-18-8-12-22(13-9-18)29-26(33)25(19(2)20-6-4-3-5-7-20)31-27(34)24(30-28(31)35)21-10-14-23(15-11-21)36-17-16-32;1-2/h3-15,19,24-25,32H,16-17H2,1-2H3,(H,29,33)(H,30,35);1-2H3/t19?,24-,25?;/m1./s1. The molecule has 4 rings (SSSR count). The third-order valence-corrected chi connectivity index (χ3v) is 6.21. The minimum Gasteiger partial charge on any atom is -0.491 e. The molecule has 1 aliphatic heterocycles. The number of urea groups is 1. The Balaban J connectivity index is 0.00000195. The van der Waals surface area contributed by atoms with E-state index >= 15 is 0 Å². The van der Waals surface area contributed by atoms with Crippen molar-refractivity contribution in [2.24, 2.45) is 0 Å². The molecular formula is C30H35N3O5. The lowest BCUT2D eigenvalue weighted by Crippen LogP contribution is -2.50. The summed E-state index contributed by atoms with van der Waals surface area (Å²) >= 11 is 0. The maximum atomic E-state index is 13.6. The molecule has 2 unspecified atom stereocenters. The van der Waals surface area contributed by atoms with E-state index in [0.717, 1.165) is 16.0 Å². The highest BCUT2D eigenvalue weighted by atomic mass is 16.5. The molecule has 3 atom stereocenters. The van der Waals surface area contributed by atoms with Gasteiger partial charge in [0.05, 0.1) is 6.61 Å². The highest BCUT2D eigenvalue weighted by molar-refractivity contribution is 6.09. The molecule has 8 heteroatoms. The Morgan fingerprint density at radius 2 is 1.63 bits per heavy atom. The molecule has 3 aromatic rings. The number of imide groups is 1. The predicted molar refractivity (Wildman–Crippen MR) is 147 cm³/mol. The number of hydrogen-bond donors (Lipinski definition) is 3. The molecule has 0 aliphatic carbocycles. The van der Waals surface area contributed by atoms with E-state index in [-0.39, 0.29) is 13.2 Å². The van der Waals surface area contributed by atoms with Crippen LogP contribution in [0.1, 0.15) is 49.4 Å². The summed E-state index contributed by atoms with van der Waals surface area (Å²) in [5.74, 6) is -0.878. The number of nitrogens with one attached hydrogen (secondary N) is 2. The minimum atomic E-state index is -1.07. The SMILES string of the molecule is CC.Cc1ccc(NC(=O)C(C(C)c2ccccc2)N2C(=O)N[C@H](c3ccc(OCCO)cc3)C2=O)cc1. The van der Waals surface area contributed by atoms with Gasteiger partial charge in [-0.2, -0.15) is 0 Å². The zero-order valence-corrected chi connectivity index (χ0v) is 22.2. The summed E-state index contributed by atoms with van der Waals surface area (Å²) in [4.78, 5) is 41.3. The first kappa shape index (κ1) is 28.4. The van der Waals surface area contributed by atoms with Gasteiger partial charge in [-0.1, -0.05) is 80.9 Å². The number of amides is 4. The molecule has 0 saturated carbocycles. The molecule has 0 spiro atoms. The molecule has 8 nitrogen and oxygen atoms in total. The van der Waals surface area contributed by atoms with Crippen molar-refractivity contribution < 1.29 is 24.2 Å². The molecule has 1 saturated heterocycles. The van der Waals surface area contributed by atoms with Crippen LogP contribution in [0.3, 0.4) is 0 Å².